The van der Waals surface area contributed by atoms with Gasteiger partial charge >= 0.3 is 0 Å². The molecule has 0 radical (unpaired) electrons. The first kappa shape index (κ1) is 21.0. The van der Waals surface area contributed by atoms with Gasteiger partial charge < -0.3 is 10.1 Å². The van der Waals surface area contributed by atoms with Crippen LogP contribution in [0.1, 0.15) is 11.1 Å². The highest BCUT2D eigenvalue weighted by Crippen LogP contribution is 2.32. The van der Waals surface area contributed by atoms with Crippen LogP contribution in [0.3, 0.4) is 0 Å². The number of methoxy groups -OCH3 is 1. The molecule has 0 aliphatic carbocycles. The summed E-state index contributed by atoms with van der Waals surface area (Å²) in [5.41, 5.74) is 2.53. The second-order valence-electron chi connectivity index (χ2n) is 6.94. The molecule has 2 amide bonds. The van der Waals surface area contributed by atoms with E-state index in [0.717, 1.165) is 5.56 Å². The standard InChI is InChI=1S/C24H18Cl2N2O3/c1-31-20-4-2-3-19(13-20)27-22-21(16-7-11-18(26)12-8-16)23(29)28(24(22)30)14-15-5-9-17(25)10-6-15/h2-13,27H,14H2,1H3. The molecule has 0 saturated carbocycles. The SMILES string of the molecule is COc1cccc(NC2=C(c3ccc(Cl)cc3)C(=O)N(Cc3ccc(Cl)cc3)C2=O)c1. The predicted molar refractivity (Wildman–Crippen MR) is 122 cm³/mol. The van der Waals surface area contributed by atoms with E-state index in [1.165, 1.54) is 4.90 Å². The summed E-state index contributed by atoms with van der Waals surface area (Å²) in [6, 6.07) is 21.0. The van der Waals surface area contributed by atoms with Crippen molar-refractivity contribution >= 4 is 46.3 Å². The molecule has 0 saturated heterocycles. The van der Waals surface area contributed by atoms with Gasteiger partial charge in [-0.05, 0) is 47.5 Å². The van der Waals surface area contributed by atoms with Crippen LogP contribution in [-0.2, 0) is 16.1 Å². The molecule has 0 unspecified atom stereocenters. The first-order chi connectivity index (χ1) is 15.0. The van der Waals surface area contributed by atoms with Crippen molar-refractivity contribution in [2.45, 2.75) is 6.54 Å². The Morgan fingerprint density at radius 2 is 1.52 bits per heavy atom. The van der Waals surface area contributed by atoms with E-state index >= 15 is 0 Å². The van der Waals surface area contributed by atoms with Gasteiger partial charge in [-0.15, -0.1) is 0 Å². The quantitative estimate of drug-likeness (QED) is 0.509. The molecule has 1 aliphatic rings. The zero-order chi connectivity index (χ0) is 22.0. The van der Waals surface area contributed by atoms with Crippen LogP contribution in [0.4, 0.5) is 5.69 Å². The Kier molecular flexibility index (Phi) is 5.98. The van der Waals surface area contributed by atoms with Crippen LogP contribution in [0.25, 0.3) is 5.57 Å². The molecule has 7 heteroatoms. The van der Waals surface area contributed by atoms with E-state index in [1.54, 1.807) is 79.9 Å². The summed E-state index contributed by atoms with van der Waals surface area (Å²) in [5.74, 6) is -0.158. The zero-order valence-electron chi connectivity index (χ0n) is 16.6. The van der Waals surface area contributed by atoms with Crippen LogP contribution < -0.4 is 10.1 Å². The lowest BCUT2D eigenvalue weighted by atomic mass is 10.0. The maximum atomic E-state index is 13.3. The fraction of sp³-hybridized carbons (Fsp3) is 0.0833. The second-order valence-corrected chi connectivity index (χ2v) is 7.81. The van der Waals surface area contributed by atoms with Crippen molar-refractivity contribution in [1.82, 2.24) is 4.90 Å². The maximum absolute atomic E-state index is 13.3. The number of rotatable bonds is 6. The highest BCUT2D eigenvalue weighted by molar-refractivity contribution is 6.37. The Morgan fingerprint density at radius 1 is 0.871 bits per heavy atom. The third-order valence-corrected chi connectivity index (χ3v) is 5.40. The van der Waals surface area contributed by atoms with Gasteiger partial charge in [0.15, 0.2) is 0 Å². The van der Waals surface area contributed by atoms with Gasteiger partial charge in [-0.2, -0.15) is 0 Å². The summed E-state index contributed by atoms with van der Waals surface area (Å²) >= 11 is 12.0. The molecule has 1 heterocycles. The zero-order valence-corrected chi connectivity index (χ0v) is 18.1. The molecular weight excluding hydrogens is 435 g/mol. The molecule has 31 heavy (non-hydrogen) atoms. The molecule has 1 N–H and O–H groups in total. The van der Waals surface area contributed by atoms with Crippen molar-refractivity contribution in [3.05, 3.63) is 99.7 Å². The number of carbonyl (C=O) groups is 2. The van der Waals surface area contributed by atoms with Crippen molar-refractivity contribution in [2.75, 3.05) is 12.4 Å². The lowest BCUT2D eigenvalue weighted by molar-refractivity contribution is -0.137. The molecule has 0 fully saturated rings. The fourth-order valence-corrected chi connectivity index (χ4v) is 3.59. The summed E-state index contributed by atoms with van der Waals surface area (Å²) in [6.07, 6.45) is 0. The van der Waals surface area contributed by atoms with Gasteiger partial charge in [0.2, 0.25) is 0 Å². The minimum Gasteiger partial charge on any atom is -0.497 e. The highest BCUT2D eigenvalue weighted by Gasteiger charge is 2.39. The summed E-state index contributed by atoms with van der Waals surface area (Å²) in [5, 5.41) is 4.25. The molecule has 1 aliphatic heterocycles. The first-order valence-corrected chi connectivity index (χ1v) is 10.2. The number of hydrogen-bond donors (Lipinski definition) is 1. The Morgan fingerprint density at radius 3 is 2.16 bits per heavy atom. The Hall–Kier alpha value is -3.28. The third kappa shape index (κ3) is 4.43. The van der Waals surface area contributed by atoms with Gasteiger partial charge in [-0.25, -0.2) is 0 Å². The Labute approximate surface area is 189 Å². The predicted octanol–water partition coefficient (Wildman–Crippen LogP) is 5.39. The second kappa shape index (κ2) is 8.84. The topological polar surface area (TPSA) is 58.6 Å². The van der Waals surface area contributed by atoms with Crippen molar-refractivity contribution in [3.63, 3.8) is 0 Å². The molecule has 3 aromatic carbocycles. The summed E-state index contributed by atoms with van der Waals surface area (Å²) in [4.78, 5) is 27.8. The minimum absolute atomic E-state index is 0.134. The molecule has 0 aromatic heterocycles. The summed E-state index contributed by atoms with van der Waals surface area (Å²) in [7, 11) is 1.57. The van der Waals surface area contributed by atoms with E-state index in [4.69, 9.17) is 27.9 Å². The largest absolute Gasteiger partial charge is 0.497 e. The normalized spacial score (nSPS) is 13.7. The van der Waals surface area contributed by atoms with Gasteiger partial charge in [0, 0.05) is 21.8 Å². The average molecular weight is 453 g/mol. The molecule has 0 bridgehead atoms. The lowest BCUT2D eigenvalue weighted by Crippen LogP contribution is -2.32. The number of nitrogens with one attached hydrogen (secondary N) is 1. The van der Waals surface area contributed by atoms with E-state index in [9.17, 15) is 9.59 Å². The van der Waals surface area contributed by atoms with Crippen molar-refractivity contribution in [2.24, 2.45) is 0 Å². The van der Waals surface area contributed by atoms with Gasteiger partial charge in [0.25, 0.3) is 11.8 Å². The number of ether oxygens (including phenoxy) is 1. The number of hydrogen-bond acceptors (Lipinski definition) is 4. The van der Waals surface area contributed by atoms with Gasteiger partial charge in [0.1, 0.15) is 11.4 Å². The first-order valence-electron chi connectivity index (χ1n) is 9.48. The molecule has 0 spiro atoms. The van der Waals surface area contributed by atoms with E-state index in [1.807, 2.05) is 0 Å². The minimum atomic E-state index is -0.410. The molecule has 156 valence electrons. The third-order valence-electron chi connectivity index (χ3n) is 4.89. The highest BCUT2D eigenvalue weighted by atomic mass is 35.5. The molecule has 3 aromatic rings. The summed E-state index contributed by atoms with van der Waals surface area (Å²) in [6.45, 7) is 0.134. The van der Waals surface area contributed by atoms with E-state index < -0.39 is 5.91 Å². The van der Waals surface area contributed by atoms with Gasteiger partial charge in [-0.3, -0.25) is 14.5 Å². The van der Waals surface area contributed by atoms with Crippen LogP contribution in [0.2, 0.25) is 10.0 Å². The number of nitrogens with zero attached hydrogens (tertiary/aromatic N) is 1. The van der Waals surface area contributed by atoms with Crippen molar-refractivity contribution < 1.29 is 14.3 Å². The lowest BCUT2D eigenvalue weighted by Gasteiger charge is -2.15. The molecule has 5 nitrogen and oxygen atoms in total. The maximum Gasteiger partial charge on any atom is 0.278 e. The number of amides is 2. The molecule has 4 rings (SSSR count). The molecule has 0 atom stereocenters. The van der Waals surface area contributed by atoms with Crippen LogP contribution in [0.5, 0.6) is 5.75 Å². The van der Waals surface area contributed by atoms with E-state index in [2.05, 4.69) is 5.32 Å². The monoisotopic (exact) mass is 452 g/mol. The summed E-state index contributed by atoms with van der Waals surface area (Å²) < 4.78 is 5.26. The number of benzene rings is 3. The number of carbonyl (C=O) groups excluding carboxylic acids is 2. The van der Waals surface area contributed by atoms with Crippen LogP contribution in [0.15, 0.2) is 78.5 Å². The van der Waals surface area contributed by atoms with Gasteiger partial charge in [0.05, 0.1) is 19.2 Å². The smallest absolute Gasteiger partial charge is 0.278 e. The number of anilines is 1. The van der Waals surface area contributed by atoms with Crippen LogP contribution in [0, 0.1) is 0 Å². The Bertz CT molecular complexity index is 1170. The van der Waals surface area contributed by atoms with Gasteiger partial charge in [-0.1, -0.05) is 53.5 Å². The van der Waals surface area contributed by atoms with E-state index in [0.29, 0.717) is 32.6 Å². The fourth-order valence-electron chi connectivity index (χ4n) is 3.34. The van der Waals surface area contributed by atoms with Crippen LogP contribution in [-0.4, -0.2) is 23.8 Å². The Balaban J connectivity index is 1.73. The average Bonchev–Trinajstić information content (AvgIpc) is 3.00. The number of halogens is 2. The van der Waals surface area contributed by atoms with E-state index in [-0.39, 0.29) is 18.1 Å². The van der Waals surface area contributed by atoms with Crippen molar-refractivity contribution in [1.29, 1.82) is 0 Å². The van der Waals surface area contributed by atoms with Crippen molar-refractivity contribution in [3.8, 4) is 5.75 Å². The number of imide groups is 1. The van der Waals surface area contributed by atoms with Crippen LogP contribution >= 0.6 is 23.2 Å². The molecular formula is C24H18Cl2N2O3.